The van der Waals surface area contributed by atoms with E-state index in [0.29, 0.717) is 45.7 Å². The fourth-order valence-electron chi connectivity index (χ4n) is 5.49. The number of hydrogen-bond acceptors (Lipinski definition) is 12. The van der Waals surface area contributed by atoms with Crippen LogP contribution in [-0.4, -0.2) is 75.3 Å². The Morgan fingerprint density at radius 2 is 1.13 bits per heavy atom. The highest BCUT2D eigenvalue weighted by Gasteiger charge is 2.30. The van der Waals surface area contributed by atoms with E-state index in [0.717, 1.165) is 42.1 Å². The zero-order chi connectivity index (χ0) is 37.3. The Bertz CT molecular complexity index is 1810. The Morgan fingerprint density at radius 3 is 1.68 bits per heavy atom. The molecular weight excluding hydrogens is 672 g/mol. The Kier molecular flexibility index (Phi) is 14.2. The lowest BCUT2D eigenvalue weighted by molar-refractivity contribution is 0.216. The minimum absolute atomic E-state index is 0.113. The lowest BCUT2D eigenvalue weighted by Crippen LogP contribution is -2.26. The summed E-state index contributed by atoms with van der Waals surface area (Å²) in [6.45, 7) is 7.57. The van der Waals surface area contributed by atoms with Gasteiger partial charge in [-0.3, -0.25) is 0 Å². The number of hydrogen-bond donors (Lipinski definition) is 3. The van der Waals surface area contributed by atoms with Crippen LogP contribution in [0.4, 0.5) is 0 Å². The molecule has 280 valence electrons. The second kappa shape index (κ2) is 19.6. The van der Waals surface area contributed by atoms with Gasteiger partial charge in [-0.1, -0.05) is 72.8 Å². The van der Waals surface area contributed by atoms with E-state index >= 15 is 0 Å². The average molecular weight is 723 g/mol. The number of aliphatic imine (C=N–C) groups is 3. The number of nitrogens with zero attached hydrogens (tertiary/aromatic N) is 3. The Hall–Kier alpha value is -5.91. The first-order chi connectivity index (χ1) is 25.7. The van der Waals surface area contributed by atoms with Gasteiger partial charge in [0.1, 0.15) is 42.6 Å². The van der Waals surface area contributed by atoms with Gasteiger partial charge in [0.05, 0.1) is 31.9 Å². The van der Waals surface area contributed by atoms with Crippen LogP contribution in [0.25, 0.3) is 11.1 Å². The van der Waals surface area contributed by atoms with Crippen molar-refractivity contribution in [3.8, 4) is 28.4 Å². The van der Waals surface area contributed by atoms with Crippen LogP contribution in [0.3, 0.4) is 0 Å². The van der Waals surface area contributed by atoms with Gasteiger partial charge in [-0.05, 0) is 66.9 Å². The second-order valence-electron chi connectivity index (χ2n) is 13.0. The van der Waals surface area contributed by atoms with Gasteiger partial charge in [-0.15, -0.1) is 0 Å². The number of ether oxygens (including phenoxy) is 6. The third-order valence-electron chi connectivity index (χ3n) is 8.40. The normalized spacial score (nSPS) is 19.7. The van der Waals surface area contributed by atoms with Gasteiger partial charge in [-0.25, -0.2) is 15.0 Å². The van der Waals surface area contributed by atoms with Gasteiger partial charge in [0.25, 0.3) is 18.1 Å². The van der Waals surface area contributed by atoms with Crippen molar-refractivity contribution in [3.63, 3.8) is 0 Å². The van der Waals surface area contributed by atoms with E-state index in [9.17, 15) is 0 Å². The molecule has 6 N–H and O–H groups in total. The average Bonchev–Trinajstić information content (AvgIpc) is 3.88. The molecule has 1 unspecified atom stereocenters. The number of rotatable bonds is 13. The largest absolute Gasteiger partial charge is 0.494 e. The lowest BCUT2D eigenvalue weighted by atomic mass is 10.0. The van der Waals surface area contributed by atoms with Crippen LogP contribution in [0.2, 0.25) is 0 Å². The van der Waals surface area contributed by atoms with Crippen LogP contribution in [0.5, 0.6) is 17.2 Å². The molecule has 0 spiro atoms. The lowest BCUT2D eigenvalue weighted by Gasteiger charge is -2.17. The predicted molar refractivity (Wildman–Crippen MR) is 209 cm³/mol. The quantitative estimate of drug-likeness (QED) is 0.153. The molecule has 0 saturated heterocycles. The maximum atomic E-state index is 5.80. The Morgan fingerprint density at radius 1 is 0.604 bits per heavy atom. The molecule has 3 atom stereocenters. The highest BCUT2D eigenvalue weighted by molar-refractivity contribution is 5.74. The van der Waals surface area contributed by atoms with E-state index in [1.54, 1.807) is 0 Å². The summed E-state index contributed by atoms with van der Waals surface area (Å²) in [5.74, 6) is 2.64. The molecule has 4 aromatic carbocycles. The Balaban J connectivity index is 0.000000156. The summed E-state index contributed by atoms with van der Waals surface area (Å²) in [7, 11) is 0. The van der Waals surface area contributed by atoms with Gasteiger partial charge < -0.3 is 45.6 Å². The van der Waals surface area contributed by atoms with Crippen LogP contribution in [0.15, 0.2) is 124 Å². The third-order valence-corrected chi connectivity index (χ3v) is 8.40. The van der Waals surface area contributed by atoms with Crippen molar-refractivity contribution >= 4 is 18.1 Å². The number of nitrogens with two attached hydrogens (primary N) is 3. The number of para-hydroxylation sites is 1. The molecule has 0 saturated carbocycles. The second-order valence-corrected chi connectivity index (χ2v) is 13.0. The highest BCUT2D eigenvalue weighted by Crippen LogP contribution is 2.24. The van der Waals surface area contributed by atoms with E-state index in [2.05, 4.69) is 39.2 Å². The summed E-state index contributed by atoms with van der Waals surface area (Å²) in [5, 5.41) is 0. The molecule has 12 heteroatoms. The number of amidine groups is 3. The first kappa shape index (κ1) is 38.3. The Labute approximate surface area is 311 Å². The van der Waals surface area contributed by atoms with Crippen LogP contribution in [-0.2, 0) is 14.2 Å². The van der Waals surface area contributed by atoms with Crippen molar-refractivity contribution in [2.45, 2.75) is 50.7 Å². The molecule has 0 amide bonds. The number of benzene rings is 4. The molecule has 0 fully saturated rings. The molecule has 0 aliphatic carbocycles. The van der Waals surface area contributed by atoms with Gasteiger partial charge in [0.15, 0.2) is 0 Å². The van der Waals surface area contributed by atoms with E-state index in [4.69, 9.17) is 45.6 Å². The molecule has 53 heavy (non-hydrogen) atoms. The molecular formula is C41H50N6O6. The van der Waals surface area contributed by atoms with Gasteiger partial charge >= 0.3 is 0 Å². The van der Waals surface area contributed by atoms with Crippen LogP contribution in [0, 0.1) is 6.92 Å². The molecule has 12 nitrogen and oxygen atoms in total. The molecule has 0 bridgehead atoms. The topological polar surface area (TPSA) is 171 Å². The van der Waals surface area contributed by atoms with E-state index in [-0.39, 0.29) is 29.7 Å². The van der Waals surface area contributed by atoms with E-state index < -0.39 is 0 Å². The van der Waals surface area contributed by atoms with Gasteiger partial charge in [0, 0.05) is 19.3 Å². The molecule has 3 heterocycles. The summed E-state index contributed by atoms with van der Waals surface area (Å²) in [5.41, 5.74) is 19.7. The maximum Gasteiger partial charge on any atom is 0.282 e. The minimum Gasteiger partial charge on any atom is -0.494 e. The number of aryl methyl sites for hydroxylation is 1. The fraction of sp³-hybridized carbons (Fsp3) is 0.341. The van der Waals surface area contributed by atoms with Crippen LogP contribution >= 0.6 is 0 Å². The summed E-state index contributed by atoms with van der Waals surface area (Å²) in [6.07, 6.45) is 2.42. The van der Waals surface area contributed by atoms with Crippen molar-refractivity contribution in [3.05, 3.63) is 115 Å². The highest BCUT2D eigenvalue weighted by atomic mass is 16.5. The van der Waals surface area contributed by atoms with Gasteiger partial charge in [0.2, 0.25) is 0 Å². The summed E-state index contributed by atoms with van der Waals surface area (Å²) < 4.78 is 32.3. The minimum atomic E-state index is -0.237. The van der Waals surface area contributed by atoms with E-state index in [1.807, 2.05) is 98.8 Å². The summed E-state index contributed by atoms with van der Waals surface area (Å²) >= 11 is 0. The molecule has 7 rings (SSSR count). The molecule has 0 aromatic heterocycles. The van der Waals surface area contributed by atoms with Crippen molar-refractivity contribution < 1.29 is 28.4 Å². The zero-order valence-corrected chi connectivity index (χ0v) is 30.4. The maximum absolute atomic E-state index is 5.80. The standard InChI is InChI=1S/C17H18N2O2.2C12H16N2O2/c18-17-19-15(12-21-17)9-10-20-16-8-4-7-14(11-16)13-5-2-1-3-6-13;1-9-3-2-4-11(7-9)15-6-5-10-8-16-12(13)14-10;1-12(9-16-11(13)14-12)7-8-15-10-5-3-2-4-6-10/h1-8,11,15H,9-10,12H2,(H2,18,19);2-4,7,10H,5-6,8H2,1H3,(H2,13,14);2-6H,7-9H2,1H3,(H2,13,14)/t15-;10-;/m00./s1. The van der Waals surface area contributed by atoms with Crippen LogP contribution in [0.1, 0.15) is 31.7 Å². The van der Waals surface area contributed by atoms with Crippen molar-refractivity contribution in [2.24, 2.45) is 32.2 Å². The fourth-order valence-corrected chi connectivity index (χ4v) is 5.49. The van der Waals surface area contributed by atoms with Gasteiger partial charge in [-0.2, -0.15) is 0 Å². The smallest absolute Gasteiger partial charge is 0.282 e. The predicted octanol–water partition coefficient (Wildman–Crippen LogP) is 5.87. The molecule has 0 radical (unpaired) electrons. The monoisotopic (exact) mass is 722 g/mol. The van der Waals surface area contributed by atoms with Crippen molar-refractivity contribution in [1.82, 2.24) is 0 Å². The summed E-state index contributed by atoms with van der Waals surface area (Å²) in [6, 6.07) is 37.2. The molecule has 4 aromatic rings. The van der Waals surface area contributed by atoms with Crippen molar-refractivity contribution in [1.29, 1.82) is 0 Å². The van der Waals surface area contributed by atoms with E-state index in [1.165, 1.54) is 11.1 Å². The first-order valence-electron chi connectivity index (χ1n) is 17.8. The molecule has 3 aliphatic heterocycles. The first-order valence-corrected chi connectivity index (χ1v) is 17.8. The SMILES string of the molecule is CC1(CCOc2ccccc2)COC(N)=N1.Cc1cccc(OCC[C@H]2COC(N)=N2)c1.NC1=N[C@@H](CCOc2cccc(-c3ccccc3)c2)CO1. The van der Waals surface area contributed by atoms with Crippen molar-refractivity contribution in [2.75, 3.05) is 39.6 Å². The summed E-state index contributed by atoms with van der Waals surface area (Å²) in [4.78, 5) is 12.6. The third kappa shape index (κ3) is 13.3. The zero-order valence-electron chi connectivity index (χ0n) is 30.4. The molecule has 3 aliphatic rings. The van der Waals surface area contributed by atoms with Crippen LogP contribution < -0.4 is 31.4 Å².